The molecule has 1 unspecified atom stereocenters. The summed E-state index contributed by atoms with van der Waals surface area (Å²) in [6.45, 7) is 5.34. The first-order valence-electron chi connectivity index (χ1n) is 6.24. The quantitative estimate of drug-likeness (QED) is 0.830. The zero-order chi connectivity index (χ0) is 13.5. The van der Waals surface area contributed by atoms with Crippen molar-refractivity contribution < 1.29 is 4.79 Å². The lowest BCUT2D eigenvalue weighted by atomic mass is 10.1. The molecule has 0 aliphatic carbocycles. The maximum atomic E-state index is 11.6. The molecule has 0 bridgehead atoms. The summed E-state index contributed by atoms with van der Waals surface area (Å²) in [5, 5.41) is 2.90. The van der Waals surface area contributed by atoms with E-state index in [-0.39, 0.29) is 18.3 Å². The second-order valence-corrected chi connectivity index (χ2v) is 5.58. The van der Waals surface area contributed by atoms with Crippen molar-refractivity contribution in [3.05, 3.63) is 33.8 Å². The van der Waals surface area contributed by atoms with Gasteiger partial charge < -0.3 is 11.1 Å². The third-order valence-corrected chi connectivity index (χ3v) is 3.80. The van der Waals surface area contributed by atoms with E-state index < -0.39 is 0 Å². The van der Waals surface area contributed by atoms with Crippen LogP contribution in [0.5, 0.6) is 0 Å². The molecule has 1 rings (SSSR count). The zero-order valence-electron chi connectivity index (χ0n) is 11.4. The molecule has 19 heavy (non-hydrogen) atoms. The molecular weight excluding hydrogens is 328 g/mol. The van der Waals surface area contributed by atoms with Gasteiger partial charge in [0.25, 0.3) is 0 Å². The molecule has 0 aromatic heterocycles. The first-order chi connectivity index (χ1) is 8.52. The standard InChI is InChI=1S/C14H21BrN2O.ClH/c1-10(8-16)9-17-14(18)6-4-12-3-5-13(15)11(2)7-12;/h3,5,7,10H,4,6,8-9,16H2,1-2H3,(H,17,18);1H. The molecule has 0 aliphatic heterocycles. The Balaban J connectivity index is 0.00000324. The van der Waals surface area contributed by atoms with E-state index in [9.17, 15) is 4.79 Å². The number of carbonyl (C=O) groups is 1. The summed E-state index contributed by atoms with van der Waals surface area (Å²) in [4.78, 5) is 11.6. The van der Waals surface area contributed by atoms with Crippen molar-refractivity contribution >= 4 is 34.2 Å². The summed E-state index contributed by atoms with van der Waals surface area (Å²) < 4.78 is 1.10. The van der Waals surface area contributed by atoms with Gasteiger partial charge in [-0.1, -0.05) is 35.0 Å². The van der Waals surface area contributed by atoms with Gasteiger partial charge in [-0.15, -0.1) is 12.4 Å². The van der Waals surface area contributed by atoms with Gasteiger partial charge in [-0.05, 0) is 43.0 Å². The van der Waals surface area contributed by atoms with Crippen molar-refractivity contribution in [3.63, 3.8) is 0 Å². The Morgan fingerprint density at radius 3 is 2.74 bits per heavy atom. The number of rotatable bonds is 6. The fourth-order valence-corrected chi connectivity index (χ4v) is 1.83. The van der Waals surface area contributed by atoms with Gasteiger partial charge in [0.05, 0.1) is 0 Å². The summed E-state index contributed by atoms with van der Waals surface area (Å²) >= 11 is 3.47. The number of nitrogens with one attached hydrogen (secondary N) is 1. The van der Waals surface area contributed by atoms with Gasteiger partial charge in [-0.2, -0.15) is 0 Å². The molecule has 0 saturated carbocycles. The predicted octanol–water partition coefficient (Wildman–Crippen LogP) is 2.82. The van der Waals surface area contributed by atoms with Gasteiger partial charge in [0.1, 0.15) is 0 Å². The number of halogens is 2. The molecule has 108 valence electrons. The average molecular weight is 350 g/mol. The molecule has 0 saturated heterocycles. The molecule has 0 heterocycles. The Bertz CT molecular complexity index is 412. The average Bonchev–Trinajstić information content (AvgIpc) is 2.37. The molecule has 0 fully saturated rings. The number of benzene rings is 1. The summed E-state index contributed by atoms with van der Waals surface area (Å²) in [5.41, 5.74) is 7.89. The van der Waals surface area contributed by atoms with Crippen molar-refractivity contribution in [1.82, 2.24) is 5.32 Å². The lowest BCUT2D eigenvalue weighted by Crippen LogP contribution is -2.31. The first kappa shape index (κ1) is 18.4. The normalized spacial score (nSPS) is 11.6. The van der Waals surface area contributed by atoms with Crippen LogP contribution in [0.4, 0.5) is 0 Å². The van der Waals surface area contributed by atoms with E-state index in [1.165, 1.54) is 11.1 Å². The Hall–Kier alpha value is -0.580. The molecule has 3 nitrogen and oxygen atoms in total. The van der Waals surface area contributed by atoms with Crippen LogP contribution in [-0.2, 0) is 11.2 Å². The Morgan fingerprint density at radius 1 is 1.47 bits per heavy atom. The van der Waals surface area contributed by atoms with Crippen LogP contribution in [0.3, 0.4) is 0 Å². The summed E-state index contributed by atoms with van der Waals surface area (Å²) in [7, 11) is 0. The number of carbonyl (C=O) groups excluding carboxylic acids is 1. The maximum absolute atomic E-state index is 11.6. The van der Waals surface area contributed by atoms with Crippen LogP contribution >= 0.6 is 28.3 Å². The summed E-state index contributed by atoms with van der Waals surface area (Å²) in [6, 6.07) is 6.19. The minimum absolute atomic E-state index is 0. The van der Waals surface area contributed by atoms with Gasteiger partial charge >= 0.3 is 0 Å². The van der Waals surface area contributed by atoms with Crippen LogP contribution in [0.1, 0.15) is 24.5 Å². The fourth-order valence-electron chi connectivity index (χ4n) is 1.58. The Labute approximate surface area is 129 Å². The number of hydrogen-bond donors (Lipinski definition) is 2. The van der Waals surface area contributed by atoms with Gasteiger partial charge in [0, 0.05) is 17.4 Å². The molecule has 1 atom stereocenters. The molecule has 0 radical (unpaired) electrons. The van der Waals surface area contributed by atoms with E-state index in [1.807, 2.05) is 19.1 Å². The number of amides is 1. The van der Waals surface area contributed by atoms with E-state index >= 15 is 0 Å². The smallest absolute Gasteiger partial charge is 0.220 e. The van der Waals surface area contributed by atoms with Gasteiger partial charge in [-0.25, -0.2) is 0 Å². The molecule has 1 amide bonds. The lowest BCUT2D eigenvalue weighted by Gasteiger charge is -2.10. The van der Waals surface area contributed by atoms with Crippen LogP contribution in [0.15, 0.2) is 22.7 Å². The zero-order valence-corrected chi connectivity index (χ0v) is 13.8. The maximum Gasteiger partial charge on any atom is 0.220 e. The molecular formula is C14H22BrClN2O. The van der Waals surface area contributed by atoms with Crippen molar-refractivity contribution in [2.24, 2.45) is 11.7 Å². The number of nitrogens with two attached hydrogens (primary N) is 1. The van der Waals surface area contributed by atoms with Gasteiger partial charge in [0.2, 0.25) is 5.91 Å². The highest BCUT2D eigenvalue weighted by Gasteiger charge is 2.05. The lowest BCUT2D eigenvalue weighted by molar-refractivity contribution is -0.121. The Morgan fingerprint density at radius 2 is 2.16 bits per heavy atom. The van der Waals surface area contributed by atoms with Gasteiger partial charge in [-0.3, -0.25) is 4.79 Å². The second kappa shape index (κ2) is 9.34. The third kappa shape index (κ3) is 6.95. The fraction of sp³-hybridized carbons (Fsp3) is 0.500. The molecule has 0 aliphatic rings. The van der Waals surface area contributed by atoms with Crippen LogP contribution in [0, 0.1) is 12.8 Å². The largest absolute Gasteiger partial charge is 0.356 e. The molecule has 0 spiro atoms. The van der Waals surface area contributed by atoms with Crippen LogP contribution < -0.4 is 11.1 Å². The summed E-state index contributed by atoms with van der Waals surface area (Å²) in [6.07, 6.45) is 1.30. The topological polar surface area (TPSA) is 55.1 Å². The highest BCUT2D eigenvalue weighted by Crippen LogP contribution is 2.17. The Kier molecular flexibility index (Phi) is 9.06. The summed E-state index contributed by atoms with van der Waals surface area (Å²) in [5.74, 6) is 0.430. The third-order valence-electron chi connectivity index (χ3n) is 2.91. The molecule has 5 heteroatoms. The van der Waals surface area contributed by atoms with E-state index in [2.05, 4.69) is 34.2 Å². The van der Waals surface area contributed by atoms with Crippen molar-refractivity contribution in [2.45, 2.75) is 26.7 Å². The monoisotopic (exact) mass is 348 g/mol. The minimum atomic E-state index is 0. The molecule has 3 N–H and O–H groups in total. The van der Waals surface area contributed by atoms with Crippen LogP contribution in [0.25, 0.3) is 0 Å². The molecule has 1 aromatic rings. The van der Waals surface area contributed by atoms with E-state index in [0.717, 1.165) is 10.9 Å². The van der Waals surface area contributed by atoms with Crippen molar-refractivity contribution in [3.8, 4) is 0 Å². The van der Waals surface area contributed by atoms with E-state index in [1.54, 1.807) is 0 Å². The van der Waals surface area contributed by atoms with E-state index in [0.29, 0.717) is 25.4 Å². The SMILES string of the molecule is Cc1cc(CCC(=O)NCC(C)CN)ccc1Br.Cl. The second-order valence-electron chi connectivity index (χ2n) is 4.73. The predicted molar refractivity (Wildman–Crippen MR) is 85.7 cm³/mol. The molecule has 1 aromatic carbocycles. The van der Waals surface area contributed by atoms with Crippen LogP contribution in [0.2, 0.25) is 0 Å². The highest BCUT2D eigenvalue weighted by atomic mass is 79.9. The first-order valence-corrected chi connectivity index (χ1v) is 7.04. The number of aryl methyl sites for hydroxylation is 2. The van der Waals surface area contributed by atoms with E-state index in [4.69, 9.17) is 5.73 Å². The van der Waals surface area contributed by atoms with Crippen LogP contribution in [-0.4, -0.2) is 19.0 Å². The highest BCUT2D eigenvalue weighted by molar-refractivity contribution is 9.10. The van der Waals surface area contributed by atoms with Crippen molar-refractivity contribution in [1.29, 1.82) is 0 Å². The van der Waals surface area contributed by atoms with Gasteiger partial charge in [0.15, 0.2) is 0 Å². The van der Waals surface area contributed by atoms with Crippen molar-refractivity contribution in [2.75, 3.05) is 13.1 Å². The minimum Gasteiger partial charge on any atom is -0.356 e. The number of hydrogen-bond acceptors (Lipinski definition) is 2.